The van der Waals surface area contributed by atoms with E-state index in [0.29, 0.717) is 81.2 Å². The Morgan fingerprint density at radius 1 is 0.596 bits per heavy atom. The summed E-state index contributed by atoms with van der Waals surface area (Å²) < 4.78 is 40.9. The lowest BCUT2D eigenvalue weighted by Gasteiger charge is -2.26. The van der Waals surface area contributed by atoms with E-state index in [0.717, 1.165) is 77.6 Å². The fraction of sp³-hybridized carbons (Fsp3) is 0.822. The molecule has 0 radical (unpaired) electrons. The van der Waals surface area contributed by atoms with Crippen LogP contribution in [-0.4, -0.2) is 93.7 Å². The van der Waals surface area contributed by atoms with Crippen molar-refractivity contribution in [3.8, 4) is 0 Å². The molecule has 3 rings (SSSR count). The quantitative estimate of drug-likeness (QED) is 0.0276. The molecule has 4 N–H and O–H groups in total. The molecule has 0 bridgehead atoms. The highest BCUT2D eigenvalue weighted by atomic mass is 31.2. The third-order valence-electron chi connectivity index (χ3n) is 17.6. The number of carbonyl (C=O) groups excluding carboxylic acids is 3. The van der Waals surface area contributed by atoms with Crippen molar-refractivity contribution in [1.29, 1.82) is 0 Å². The highest BCUT2D eigenvalue weighted by molar-refractivity contribution is 7.53. The van der Waals surface area contributed by atoms with Crippen LogP contribution in [0.15, 0.2) is 24.3 Å². The molecule has 0 fully saturated rings. The van der Waals surface area contributed by atoms with Gasteiger partial charge in [-0.1, -0.05) is 203 Å². The number of hydrogen-bond donors (Lipinski definition) is 3. The van der Waals surface area contributed by atoms with Gasteiger partial charge < -0.3 is 44.4 Å². The molecule has 0 saturated carbocycles. The summed E-state index contributed by atoms with van der Waals surface area (Å²) in [5.74, 6) is 5.80. The predicted molar refractivity (Wildman–Crippen MR) is 372 cm³/mol. The second kappa shape index (κ2) is 41.7. The number of nitrogen functional groups attached to an aromatic ring is 1. The van der Waals surface area contributed by atoms with Crippen LogP contribution >= 0.6 is 7.60 Å². The number of amides is 2. The van der Waals surface area contributed by atoms with Crippen LogP contribution in [0.3, 0.4) is 0 Å². The van der Waals surface area contributed by atoms with Gasteiger partial charge in [0.15, 0.2) is 5.82 Å². The molecule has 0 aliphatic carbocycles. The molecule has 2 aromatic heterocycles. The second-order valence-corrected chi connectivity index (χ2v) is 32.3. The molecule has 0 spiro atoms. The zero-order chi connectivity index (χ0) is 66.2. The van der Waals surface area contributed by atoms with E-state index < -0.39 is 30.9 Å². The van der Waals surface area contributed by atoms with E-state index in [-0.39, 0.29) is 37.4 Å². The van der Waals surface area contributed by atoms with Crippen molar-refractivity contribution in [3.05, 3.63) is 30.1 Å². The fourth-order valence-electron chi connectivity index (χ4n) is 12.0. The molecular weight excluding hydrogens is 1130 g/mol. The number of para-hydroxylation sites is 1. The van der Waals surface area contributed by atoms with Gasteiger partial charge in [-0.05, 0) is 141 Å². The van der Waals surface area contributed by atoms with Crippen LogP contribution in [0.2, 0.25) is 0 Å². The van der Waals surface area contributed by atoms with Gasteiger partial charge in [-0.3, -0.25) is 14.2 Å². The average Bonchev–Trinajstić information content (AvgIpc) is 1.64. The van der Waals surface area contributed by atoms with Crippen LogP contribution in [0.4, 0.5) is 10.6 Å². The number of imidazole rings is 1. The van der Waals surface area contributed by atoms with Crippen LogP contribution in [0.5, 0.6) is 0 Å². The number of nitrogens with two attached hydrogens (primary N) is 1. The topological polar surface area (TPSA) is 189 Å². The van der Waals surface area contributed by atoms with Crippen LogP contribution in [0, 0.1) is 47.3 Å². The van der Waals surface area contributed by atoms with Crippen molar-refractivity contribution in [3.63, 3.8) is 0 Å². The van der Waals surface area contributed by atoms with Crippen molar-refractivity contribution in [2.75, 3.05) is 44.7 Å². The van der Waals surface area contributed by atoms with Crippen molar-refractivity contribution < 1.29 is 37.5 Å². The third-order valence-corrected chi connectivity index (χ3v) is 19.6. The first-order chi connectivity index (χ1) is 42.0. The van der Waals surface area contributed by atoms with E-state index in [9.17, 15) is 18.9 Å². The van der Waals surface area contributed by atoms with Gasteiger partial charge in [0.05, 0.1) is 43.0 Å². The Kier molecular flexibility index (Phi) is 37.3. The van der Waals surface area contributed by atoms with Crippen LogP contribution in [-0.2, 0) is 45.8 Å². The maximum Gasteiger partial charge on any atom is 0.410 e. The van der Waals surface area contributed by atoms with Gasteiger partial charge in [0.25, 0.3) is 0 Å². The van der Waals surface area contributed by atoms with E-state index in [4.69, 9.17) is 29.2 Å². The largest absolute Gasteiger partial charge is 0.460 e. The number of nitrogens with zero attached hydrogens (tertiary/aromatic N) is 4. The number of ether oxygens (including phenoxy) is 2. The number of pyridine rings is 1. The standard InChI is InChI=1S/C73H132N7O8P/c1-18-79(71(83)88-73(15,16)17)53-65-78-67-68(62-41-19-20-42-63(62)77-69(67)74)80(65)49-27-47-76-70(82)64(43-44-66(81)87-72(12,13)14)75-48-28-52-89(84,85-50-45-60(10)39-25-37-58(8)35-23-33-56(6)31-21-29-54(2)3)86-51-46-61(11)40-26-38-59(9)36-24-34-57(7)32-22-30-55(4)5/h19-20,41-42,54-61,64,75H,18,21-40,43-53H2,1-17H3,(H2,74,77)(H,76,82)/t56?,57?,58?,59?,60?,61?,64-,89?/m0/s1. The molecule has 16 heteroatoms. The minimum absolute atomic E-state index is 0.0374. The summed E-state index contributed by atoms with van der Waals surface area (Å²) >= 11 is 0. The van der Waals surface area contributed by atoms with E-state index in [1.807, 2.05) is 72.7 Å². The van der Waals surface area contributed by atoms with Gasteiger partial charge in [-0.15, -0.1) is 0 Å². The molecule has 2 heterocycles. The zero-order valence-electron chi connectivity index (χ0n) is 59.7. The van der Waals surface area contributed by atoms with Gasteiger partial charge in [-0.2, -0.15) is 0 Å². The number of nitrogens with one attached hydrogen (secondary N) is 2. The number of carbonyl (C=O) groups is 3. The third kappa shape index (κ3) is 34.1. The Hall–Kier alpha value is -3.78. The molecule has 3 aromatic rings. The molecule has 7 atom stereocenters. The molecule has 2 amide bonds. The molecule has 15 nitrogen and oxygen atoms in total. The highest BCUT2D eigenvalue weighted by Crippen LogP contribution is 2.49. The summed E-state index contributed by atoms with van der Waals surface area (Å²) in [5, 5.41) is 7.42. The van der Waals surface area contributed by atoms with Crippen molar-refractivity contribution in [2.45, 2.75) is 302 Å². The van der Waals surface area contributed by atoms with Gasteiger partial charge in [0.1, 0.15) is 22.5 Å². The molecule has 0 aliphatic rings. The van der Waals surface area contributed by atoms with Crippen molar-refractivity contribution in [1.82, 2.24) is 30.1 Å². The number of aromatic nitrogens is 3. The van der Waals surface area contributed by atoms with Crippen LogP contribution in [0.25, 0.3) is 21.9 Å². The molecule has 0 aliphatic heterocycles. The Morgan fingerprint density at radius 2 is 1.06 bits per heavy atom. The zero-order valence-corrected chi connectivity index (χ0v) is 60.6. The summed E-state index contributed by atoms with van der Waals surface area (Å²) in [6.45, 7) is 38.9. The number of anilines is 1. The number of hydrogen-bond acceptors (Lipinski definition) is 12. The van der Waals surface area contributed by atoms with Gasteiger partial charge in [-0.25, -0.2) is 14.8 Å². The maximum absolute atomic E-state index is 14.8. The van der Waals surface area contributed by atoms with Crippen molar-refractivity contribution >= 4 is 53.3 Å². The first kappa shape index (κ1) is 79.5. The normalized spacial score (nSPS) is 15.4. The highest BCUT2D eigenvalue weighted by Gasteiger charge is 2.29. The summed E-state index contributed by atoms with van der Waals surface area (Å²) in [5.41, 5.74) is 7.27. The van der Waals surface area contributed by atoms with Crippen molar-refractivity contribution in [2.24, 2.45) is 47.3 Å². The minimum atomic E-state index is -3.49. The summed E-state index contributed by atoms with van der Waals surface area (Å²) in [7, 11) is -3.49. The second-order valence-electron chi connectivity index (χ2n) is 30.1. The molecule has 6 unspecified atom stereocenters. The Balaban J connectivity index is 1.68. The Bertz CT molecular complexity index is 2450. The fourth-order valence-corrected chi connectivity index (χ4v) is 13.6. The molecule has 512 valence electrons. The minimum Gasteiger partial charge on any atom is -0.460 e. The van der Waals surface area contributed by atoms with Gasteiger partial charge in [0.2, 0.25) is 5.91 Å². The molecular formula is C73H132N7O8P. The number of benzene rings is 1. The Labute approximate surface area is 542 Å². The number of fused-ring (bicyclic) bond motifs is 3. The molecule has 1 aromatic carbocycles. The van der Waals surface area contributed by atoms with Gasteiger partial charge in [0, 0.05) is 31.4 Å². The SMILES string of the molecule is CCN(Cc1nc2c(N)nc3ccccc3c2n1CCCNC(=O)[C@H](CCC(=O)OC(C)(C)C)NCCCP(=O)(OCCC(C)CCCC(C)CCCC(C)CCCC(C)C)OCCC(C)CCCC(C)CCCC(C)CCCC(C)C)C(=O)OC(C)(C)C. The number of aryl methyl sites for hydroxylation is 1. The first-order valence-corrected chi connectivity index (χ1v) is 37.3. The number of rotatable bonds is 48. The van der Waals surface area contributed by atoms with Crippen LogP contribution < -0.4 is 16.4 Å². The van der Waals surface area contributed by atoms with E-state index in [1.165, 1.54) is 103 Å². The number of esters is 1. The first-order valence-electron chi connectivity index (χ1n) is 35.6. The summed E-state index contributed by atoms with van der Waals surface area (Å²) in [4.78, 5) is 51.9. The average molecular weight is 1270 g/mol. The summed E-state index contributed by atoms with van der Waals surface area (Å²) in [6.07, 6.45) is 25.6. The smallest absolute Gasteiger partial charge is 0.410 e. The Morgan fingerprint density at radius 3 is 1.52 bits per heavy atom. The van der Waals surface area contributed by atoms with Crippen LogP contribution in [0.1, 0.15) is 278 Å². The van der Waals surface area contributed by atoms with E-state index in [2.05, 4.69) is 89.4 Å². The lowest BCUT2D eigenvalue weighted by Crippen LogP contribution is -2.45. The predicted octanol–water partition coefficient (Wildman–Crippen LogP) is 19.1. The van der Waals surface area contributed by atoms with E-state index >= 15 is 0 Å². The molecule has 0 saturated heterocycles. The lowest BCUT2D eigenvalue weighted by molar-refractivity contribution is -0.155. The van der Waals surface area contributed by atoms with Gasteiger partial charge >= 0.3 is 19.7 Å². The van der Waals surface area contributed by atoms with E-state index in [1.54, 1.807) is 4.90 Å². The lowest BCUT2D eigenvalue weighted by atomic mass is 9.91. The molecule has 89 heavy (non-hydrogen) atoms. The summed E-state index contributed by atoms with van der Waals surface area (Å²) in [6, 6.07) is 7.04. The maximum atomic E-state index is 14.8. The monoisotopic (exact) mass is 1270 g/mol.